The number of likely N-dealkylation sites (tertiary alicyclic amines) is 1. The van der Waals surface area contributed by atoms with Crippen LogP contribution >= 0.6 is 0 Å². The molecular weight excluding hydrogens is 292 g/mol. The molecule has 0 aliphatic carbocycles. The van der Waals surface area contributed by atoms with Crippen LogP contribution < -0.4 is 5.32 Å². The van der Waals surface area contributed by atoms with Crippen molar-refractivity contribution in [2.45, 2.75) is 26.2 Å². The third-order valence-corrected chi connectivity index (χ3v) is 3.93. The summed E-state index contributed by atoms with van der Waals surface area (Å²) >= 11 is 0. The minimum atomic E-state index is -0.132. The van der Waals surface area contributed by atoms with Crippen molar-refractivity contribution in [3.8, 4) is 5.69 Å². The number of anilines is 1. The minimum absolute atomic E-state index is 0.0932. The van der Waals surface area contributed by atoms with Crippen LogP contribution in [-0.2, 0) is 4.79 Å². The minimum Gasteiger partial charge on any atom is -0.339 e. The molecule has 6 heteroatoms. The standard InChI is InChI=1S/C17H20N4O2/c1-13(22)19-15-11-18-21(12-15)16-7-5-14(6-8-16)17(23)20-9-3-2-4-10-20/h5-8,11-12H,2-4,9-10H2,1H3,(H,19,22). The van der Waals surface area contributed by atoms with E-state index in [9.17, 15) is 9.59 Å². The van der Waals surface area contributed by atoms with Crippen molar-refractivity contribution in [3.05, 3.63) is 42.2 Å². The average Bonchev–Trinajstić information content (AvgIpc) is 3.03. The third kappa shape index (κ3) is 3.59. The van der Waals surface area contributed by atoms with E-state index < -0.39 is 0 Å². The first-order valence-electron chi connectivity index (χ1n) is 7.85. The van der Waals surface area contributed by atoms with Gasteiger partial charge in [-0.25, -0.2) is 4.68 Å². The summed E-state index contributed by atoms with van der Waals surface area (Å²) in [6.45, 7) is 3.15. The Morgan fingerprint density at radius 2 is 1.78 bits per heavy atom. The number of carbonyl (C=O) groups excluding carboxylic acids is 2. The average molecular weight is 312 g/mol. The molecule has 0 radical (unpaired) electrons. The summed E-state index contributed by atoms with van der Waals surface area (Å²) in [5.41, 5.74) is 2.19. The van der Waals surface area contributed by atoms with Crippen LogP contribution in [0.3, 0.4) is 0 Å². The van der Waals surface area contributed by atoms with E-state index >= 15 is 0 Å². The lowest BCUT2D eigenvalue weighted by molar-refractivity contribution is -0.114. The molecule has 1 N–H and O–H groups in total. The van der Waals surface area contributed by atoms with Gasteiger partial charge in [0.25, 0.3) is 5.91 Å². The van der Waals surface area contributed by atoms with Crippen molar-refractivity contribution in [1.29, 1.82) is 0 Å². The largest absolute Gasteiger partial charge is 0.339 e. The fourth-order valence-corrected chi connectivity index (χ4v) is 2.77. The van der Waals surface area contributed by atoms with Crippen molar-refractivity contribution < 1.29 is 9.59 Å². The monoisotopic (exact) mass is 312 g/mol. The number of hydrogen-bond donors (Lipinski definition) is 1. The second-order valence-electron chi connectivity index (χ2n) is 5.75. The lowest BCUT2D eigenvalue weighted by Gasteiger charge is -2.26. The highest BCUT2D eigenvalue weighted by molar-refractivity contribution is 5.94. The summed E-state index contributed by atoms with van der Waals surface area (Å²) < 4.78 is 1.67. The molecule has 0 saturated carbocycles. The van der Waals surface area contributed by atoms with Crippen molar-refractivity contribution in [1.82, 2.24) is 14.7 Å². The van der Waals surface area contributed by atoms with E-state index in [1.807, 2.05) is 29.2 Å². The molecule has 2 aromatic rings. The summed E-state index contributed by atoms with van der Waals surface area (Å²) in [4.78, 5) is 25.4. The van der Waals surface area contributed by atoms with Crippen LogP contribution in [0, 0.1) is 0 Å². The number of carbonyl (C=O) groups is 2. The Morgan fingerprint density at radius 1 is 1.09 bits per heavy atom. The zero-order valence-electron chi connectivity index (χ0n) is 13.2. The van der Waals surface area contributed by atoms with Crippen LogP contribution in [0.5, 0.6) is 0 Å². The summed E-state index contributed by atoms with van der Waals surface area (Å²) in [7, 11) is 0. The summed E-state index contributed by atoms with van der Waals surface area (Å²) in [6, 6.07) is 7.38. The Kier molecular flexibility index (Phi) is 4.41. The maximum absolute atomic E-state index is 12.4. The molecule has 0 unspecified atom stereocenters. The lowest BCUT2D eigenvalue weighted by Crippen LogP contribution is -2.35. The van der Waals surface area contributed by atoms with Gasteiger partial charge < -0.3 is 10.2 Å². The van der Waals surface area contributed by atoms with Gasteiger partial charge >= 0.3 is 0 Å². The second kappa shape index (κ2) is 6.64. The number of hydrogen-bond acceptors (Lipinski definition) is 3. The Bertz CT molecular complexity index is 700. The SMILES string of the molecule is CC(=O)Nc1cnn(-c2ccc(C(=O)N3CCCCC3)cc2)c1. The Labute approximate surface area is 135 Å². The predicted molar refractivity (Wildman–Crippen MR) is 87.6 cm³/mol. The molecule has 23 heavy (non-hydrogen) atoms. The van der Waals surface area contributed by atoms with Crippen LogP contribution in [0.25, 0.3) is 5.69 Å². The number of nitrogens with one attached hydrogen (secondary N) is 1. The normalized spacial score (nSPS) is 14.6. The fraction of sp³-hybridized carbons (Fsp3) is 0.353. The van der Waals surface area contributed by atoms with E-state index in [2.05, 4.69) is 10.4 Å². The Balaban J connectivity index is 1.72. The first-order chi connectivity index (χ1) is 11.1. The van der Waals surface area contributed by atoms with E-state index in [0.717, 1.165) is 31.6 Å². The van der Waals surface area contributed by atoms with E-state index in [1.165, 1.54) is 13.3 Å². The Morgan fingerprint density at radius 3 is 2.43 bits per heavy atom. The molecule has 3 rings (SSSR count). The number of piperidine rings is 1. The smallest absolute Gasteiger partial charge is 0.253 e. The molecule has 0 bridgehead atoms. The second-order valence-corrected chi connectivity index (χ2v) is 5.75. The first-order valence-corrected chi connectivity index (χ1v) is 7.85. The van der Waals surface area contributed by atoms with Crippen LogP contribution in [0.2, 0.25) is 0 Å². The lowest BCUT2D eigenvalue weighted by atomic mass is 10.1. The topological polar surface area (TPSA) is 67.2 Å². The molecule has 1 aliphatic rings. The maximum atomic E-state index is 12.4. The summed E-state index contributed by atoms with van der Waals surface area (Å²) in [5, 5.41) is 6.89. The molecule has 120 valence electrons. The molecule has 6 nitrogen and oxygen atoms in total. The van der Waals surface area contributed by atoms with Crippen molar-refractivity contribution in [2.75, 3.05) is 18.4 Å². The molecule has 1 aromatic heterocycles. The molecule has 2 amide bonds. The van der Waals surface area contributed by atoms with Gasteiger partial charge in [-0.15, -0.1) is 0 Å². The third-order valence-electron chi connectivity index (χ3n) is 3.93. The molecule has 0 spiro atoms. The van der Waals surface area contributed by atoms with Gasteiger partial charge in [0.05, 0.1) is 23.8 Å². The molecule has 1 aliphatic heterocycles. The van der Waals surface area contributed by atoms with Crippen LogP contribution in [0.15, 0.2) is 36.7 Å². The van der Waals surface area contributed by atoms with Gasteiger partial charge in [-0.2, -0.15) is 5.10 Å². The summed E-state index contributed by atoms with van der Waals surface area (Å²) in [5.74, 6) is -0.0392. The van der Waals surface area contributed by atoms with Gasteiger partial charge in [-0.05, 0) is 43.5 Å². The van der Waals surface area contributed by atoms with Gasteiger partial charge in [-0.1, -0.05) is 0 Å². The number of amides is 2. The van der Waals surface area contributed by atoms with E-state index in [0.29, 0.717) is 11.3 Å². The molecule has 1 fully saturated rings. The zero-order valence-corrected chi connectivity index (χ0v) is 13.2. The van der Waals surface area contributed by atoms with Gasteiger partial charge in [0.2, 0.25) is 5.91 Å². The number of aromatic nitrogens is 2. The van der Waals surface area contributed by atoms with Crippen LogP contribution in [0.1, 0.15) is 36.5 Å². The van der Waals surface area contributed by atoms with Crippen molar-refractivity contribution in [3.63, 3.8) is 0 Å². The number of nitrogens with zero attached hydrogens (tertiary/aromatic N) is 3. The number of benzene rings is 1. The van der Waals surface area contributed by atoms with Crippen molar-refractivity contribution in [2.24, 2.45) is 0 Å². The molecule has 1 saturated heterocycles. The van der Waals surface area contributed by atoms with Gasteiger partial charge in [-0.3, -0.25) is 9.59 Å². The molecular formula is C17H20N4O2. The van der Waals surface area contributed by atoms with E-state index in [4.69, 9.17) is 0 Å². The zero-order chi connectivity index (χ0) is 16.2. The Hall–Kier alpha value is -2.63. The molecule has 1 aromatic carbocycles. The van der Waals surface area contributed by atoms with Gasteiger partial charge in [0, 0.05) is 25.6 Å². The predicted octanol–water partition coefficient (Wildman–Crippen LogP) is 2.46. The highest BCUT2D eigenvalue weighted by Crippen LogP contribution is 2.16. The van der Waals surface area contributed by atoms with Gasteiger partial charge in [0.1, 0.15) is 0 Å². The van der Waals surface area contributed by atoms with Gasteiger partial charge in [0.15, 0.2) is 0 Å². The van der Waals surface area contributed by atoms with Crippen LogP contribution in [-0.4, -0.2) is 39.6 Å². The summed E-state index contributed by atoms with van der Waals surface area (Å²) in [6.07, 6.45) is 6.71. The molecule has 2 heterocycles. The maximum Gasteiger partial charge on any atom is 0.253 e. The highest BCUT2D eigenvalue weighted by Gasteiger charge is 2.18. The molecule has 0 atom stereocenters. The van der Waals surface area contributed by atoms with E-state index in [-0.39, 0.29) is 11.8 Å². The van der Waals surface area contributed by atoms with Crippen LogP contribution in [0.4, 0.5) is 5.69 Å². The fourth-order valence-electron chi connectivity index (χ4n) is 2.77. The highest BCUT2D eigenvalue weighted by atomic mass is 16.2. The number of rotatable bonds is 3. The quantitative estimate of drug-likeness (QED) is 0.946. The van der Waals surface area contributed by atoms with Crippen molar-refractivity contribution >= 4 is 17.5 Å². The van der Waals surface area contributed by atoms with E-state index in [1.54, 1.807) is 17.1 Å². The first kappa shape index (κ1) is 15.3.